The Balaban J connectivity index is 2.46. The maximum atomic E-state index is 11.0. The van der Waals surface area contributed by atoms with E-state index in [1.807, 2.05) is 49.4 Å². The number of rotatable bonds is 6. The summed E-state index contributed by atoms with van der Waals surface area (Å²) in [7, 11) is 0. The highest BCUT2D eigenvalue weighted by molar-refractivity contribution is 6.31. The van der Waals surface area contributed by atoms with E-state index in [1.165, 1.54) is 0 Å². The smallest absolute Gasteiger partial charge is 0.303 e. The lowest BCUT2D eigenvalue weighted by Crippen LogP contribution is -2.34. The quantitative estimate of drug-likeness (QED) is 0.770. The van der Waals surface area contributed by atoms with E-state index in [9.17, 15) is 4.79 Å². The Hall–Kier alpha value is -2.44. The third-order valence-corrected chi connectivity index (χ3v) is 4.17. The Morgan fingerprint density at radius 3 is 2.57 bits per heavy atom. The number of hydrogen-bond acceptors (Lipinski definition) is 2. The topological polar surface area (TPSA) is 49.3 Å². The van der Waals surface area contributed by atoms with E-state index in [4.69, 9.17) is 23.1 Å². The lowest BCUT2D eigenvalue weighted by atomic mass is 9.85. The molecule has 3 nitrogen and oxygen atoms in total. The Bertz CT molecular complexity index is 737. The summed E-state index contributed by atoms with van der Waals surface area (Å²) in [6.07, 6.45) is 6.06. The van der Waals surface area contributed by atoms with Crippen LogP contribution in [0.3, 0.4) is 0 Å². The maximum Gasteiger partial charge on any atom is 0.303 e. The van der Waals surface area contributed by atoms with Crippen LogP contribution in [0.2, 0.25) is 5.02 Å². The van der Waals surface area contributed by atoms with Crippen molar-refractivity contribution in [3.05, 3.63) is 64.7 Å². The number of para-hydroxylation sites is 1. The van der Waals surface area contributed by atoms with Gasteiger partial charge < -0.3 is 10.4 Å². The molecule has 0 unspecified atom stereocenters. The monoisotopic (exact) mass is 327 g/mol. The van der Waals surface area contributed by atoms with E-state index in [-0.39, 0.29) is 12.8 Å². The van der Waals surface area contributed by atoms with Crippen LogP contribution in [-0.4, -0.2) is 11.1 Å². The summed E-state index contributed by atoms with van der Waals surface area (Å²) >= 11 is 6.10. The first-order valence-corrected chi connectivity index (χ1v) is 7.64. The van der Waals surface area contributed by atoms with Crippen molar-refractivity contribution in [1.82, 2.24) is 0 Å². The van der Waals surface area contributed by atoms with Gasteiger partial charge in [-0.2, -0.15) is 0 Å². The molecule has 23 heavy (non-hydrogen) atoms. The number of carboxylic acids is 1. The summed E-state index contributed by atoms with van der Waals surface area (Å²) in [4.78, 5) is 11.0. The Morgan fingerprint density at radius 2 is 2.00 bits per heavy atom. The van der Waals surface area contributed by atoms with Gasteiger partial charge in [0.2, 0.25) is 0 Å². The van der Waals surface area contributed by atoms with Gasteiger partial charge in [0.15, 0.2) is 0 Å². The van der Waals surface area contributed by atoms with Gasteiger partial charge in [0, 0.05) is 17.1 Å². The van der Waals surface area contributed by atoms with Crippen LogP contribution in [0.15, 0.2) is 48.5 Å². The van der Waals surface area contributed by atoms with Crippen molar-refractivity contribution in [2.75, 3.05) is 5.32 Å². The number of carboxylic acid groups (broad SMARTS) is 1. The van der Waals surface area contributed by atoms with Crippen molar-refractivity contribution in [1.29, 1.82) is 0 Å². The van der Waals surface area contributed by atoms with Crippen LogP contribution in [0, 0.1) is 19.3 Å². The molecular weight excluding hydrogens is 310 g/mol. The van der Waals surface area contributed by atoms with Crippen molar-refractivity contribution in [3.8, 4) is 12.3 Å². The van der Waals surface area contributed by atoms with Crippen LogP contribution in [0.25, 0.3) is 0 Å². The molecule has 0 spiro atoms. The molecule has 0 radical (unpaired) electrons. The van der Waals surface area contributed by atoms with Crippen molar-refractivity contribution in [2.24, 2.45) is 0 Å². The molecule has 118 valence electrons. The van der Waals surface area contributed by atoms with E-state index in [1.54, 1.807) is 6.07 Å². The molecule has 1 atom stereocenters. The fraction of sp³-hybridized carbons (Fsp3) is 0.211. The molecule has 2 rings (SSSR count). The SMILES string of the molecule is C#C[C@@](CCC(=O)O)(Nc1ccccc1)c1ccc(Cl)c(C)c1. The van der Waals surface area contributed by atoms with Gasteiger partial charge in [0.1, 0.15) is 5.54 Å². The molecule has 0 saturated carbocycles. The first-order chi connectivity index (χ1) is 11.0. The second-order valence-corrected chi connectivity index (χ2v) is 5.81. The van der Waals surface area contributed by atoms with E-state index in [0.29, 0.717) is 5.02 Å². The minimum Gasteiger partial charge on any atom is -0.481 e. The second kappa shape index (κ2) is 7.21. The van der Waals surface area contributed by atoms with Gasteiger partial charge in [-0.3, -0.25) is 4.79 Å². The van der Waals surface area contributed by atoms with Crippen LogP contribution in [-0.2, 0) is 10.3 Å². The third kappa shape index (κ3) is 4.06. The molecule has 0 saturated heterocycles. The lowest BCUT2D eigenvalue weighted by molar-refractivity contribution is -0.137. The predicted octanol–water partition coefficient (Wildman–Crippen LogP) is 4.45. The molecule has 2 N–H and O–H groups in total. The number of terminal acetylenes is 1. The van der Waals surface area contributed by atoms with Gasteiger partial charge in [-0.15, -0.1) is 6.42 Å². The minimum absolute atomic E-state index is 0.0360. The van der Waals surface area contributed by atoms with Gasteiger partial charge in [-0.05, 0) is 42.7 Å². The van der Waals surface area contributed by atoms with Crippen LogP contribution in [0.1, 0.15) is 24.0 Å². The largest absolute Gasteiger partial charge is 0.481 e. The average Bonchev–Trinajstić information content (AvgIpc) is 2.55. The first-order valence-electron chi connectivity index (χ1n) is 7.26. The molecule has 2 aromatic carbocycles. The maximum absolute atomic E-state index is 11.0. The summed E-state index contributed by atoms with van der Waals surface area (Å²) in [5, 5.41) is 13.0. The van der Waals surface area contributed by atoms with Crippen LogP contribution < -0.4 is 5.32 Å². The number of nitrogens with one attached hydrogen (secondary N) is 1. The zero-order valence-corrected chi connectivity index (χ0v) is 13.6. The van der Waals surface area contributed by atoms with Gasteiger partial charge in [-0.1, -0.05) is 47.9 Å². The Morgan fingerprint density at radius 1 is 1.30 bits per heavy atom. The predicted molar refractivity (Wildman–Crippen MR) is 93.6 cm³/mol. The lowest BCUT2D eigenvalue weighted by Gasteiger charge is -2.31. The molecule has 0 bridgehead atoms. The molecule has 0 amide bonds. The minimum atomic E-state index is -0.908. The fourth-order valence-electron chi connectivity index (χ4n) is 2.44. The van der Waals surface area contributed by atoms with Crippen LogP contribution >= 0.6 is 11.6 Å². The number of hydrogen-bond donors (Lipinski definition) is 2. The van der Waals surface area contributed by atoms with Gasteiger partial charge in [-0.25, -0.2) is 0 Å². The van der Waals surface area contributed by atoms with Gasteiger partial charge in [0.05, 0.1) is 0 Å². The van der Waals surface area contributed by atoms with Crippen molar-refractivity contribution in [3.63, 3.8) is 0 Å². The number of benzene rings is 2. The van der Waals surface area contributed by atoms with Crippen molar-refractivity contribution in [2.45, 2.75) is 25.3 Å². The summed E-state index contributed by atoms with van der Waals surface area (Å²) in [5.74, 6) is 1.88. The van der Waals surface area contributed by atoms with Crippen LogP contribution in [0.4, 0.5) is 5.69 Å². The standard InChI is InChI=1S/C19H18ClNO2/c1-3-19(12-11-18(22)23,21-16-7-5-4-6-8-16)15-9-10-17(20)14(2)13-15/h1,4-10,13,21H,11-12H2,2H3,(H,22,23)/t19-/m0/s1. The summed E-state index contributed by atoms with van der Waals surface area (Å²) in [6, 6.07) is 15.0. The molecule has 0 aliphatic heterocycles. The summed E-state index contributed by atoms with van der Waals surface area (Å²) < 4.78 is 0. The van der Waals surface area contributed by atoms with Crippen molar-refractivity contribution < 1.29 is 9.90 Å². The second-order valence-electron chi connectivity index (χ2n) is 5.40. The normalized spacial score (nSPS) is 12.9. The summed E-state index contributed by atoms with van der Waals surface area (Å²) in [5.41, 5.74) is 1.65. The zero-order valence-electron chi connectivity index (χ0n) is 12.8. The zero-order chi connectivity index (χ0) is 16.9. The number of carbonyl (C=O) groups is 1. The molecule has 0 heterocycles. The van der Waals surface area contributed by atoms with Gasteiger partial charge in [0.25, 0.3) is 0 Å². The summed E-state index contributed by atoms with van der Waals surface area (Å²) in [6.45, 7) is 1.90. The van der Waals surface area contributed by atoms with Crippen LogP contribution in [0.5, 0.6) is 0 Å². The highest BCUT2D eigenvalue weighted by Gasteiger charge is 2.31. The molecule has 0 fully saturated rings. The fourth-order valence-corrected chi connectivity index (χ4v) is 2.56. The first kappa shape index (κ1) is 16.9. The van der Waals surface area contributed by atoms with E-state index in [0.717, 1.165) is 16.8 Å². The number of halogens is 1. The molecule has 4 heteroatoms. The molecule has 0 aliphatic rings. The van der Waals surface area contributed by atoms with E-state index >= 15 is 0 Å². The average molecular weight is 328 g/mol. The molecular formula is C19H18ClNO2. The number of aliphatic carboxylic acids is 1. The molecule has 0 aromatic heterocycles. The molecule has 2 aromatic rings. The highest BCUT2D eigenvalue weighted by Crippen LogP contribution is 2.32. The number of aryl methyl sites for hydroxylation is 1. The van der Waals surface area contributed by atoms with Gasteiger partial charge >= 0.3 is 5.97 Å². The van der Waals surface area contributed by atoms with E-state index in [2.05, 4.69) is 11.2 Å². The Labute approximate surface area is 141 Å². The van der Waals surface area contributed by atoms with Crippen molar-refractivity contribution >= 4 is 23.3 Å². The number of anilines is 1. The molecule has 0 aliphatic carbocycles. The van der Waals surface area contributed by atoms with E-state index < -0.39 is 11.5 Å². The third-order valence-electron chi connectivity index (χ3n) is 3.74. The Kier molecular flexibility index (Phi) is 5.31. The highest BCUT2D eigenvalue weighted by atomic mass is 35.5.